The van der Waals surface area contributed by atoms with Gasteiger partial charge in [0.15, 0.2) is 0 Å². The van der Waals surface area contributed by atoms with E-state index in [0.717, 1.165) is 16.9 Å². The SMILES string of the molecule is COc1ccc(N=Cc2cn(Cc3ccccc3)c(=O)n(Cc3ccccc3)c2=O)cc1. The van der Waals surface area contributed by atoms with Crippen molar-refractivity contribution in [2.45, 2.75) is 13.1 Å². The number of methoxy groups -OCH3 is 1. The Balaban J connectivity index is 1.76. The van der Waals surface area contributed by atoms with Gasteiger partial charge < -0.3 is 4.74 Å². The van der Waals surface area contributed by atoms with Gasteiger partial charge in [0.05, 0.1) is 31.5 Å². The van der Waals surface area contributed by atoms with E-state index in [2.05, 4.69) is 4.99 Å². The molecule has 0 N–H and O–H groups in total. The van der Waals surface area contributed by atoms with E-state index in [4.69, 9.17) is 4.74 Å². The quantitative estimate of drug-likeness (QED) is 0.422. The van der Waals surface area contributed by atoms with Gasteiger partial charge in [-0.3, -0.25) is 18.9 Å². The monoisotopic (exact) mass is 425 g/mol. The first-order valence-corrected chi connectivity index (χ1v) is 10.2. The van der Waals surface area contributed by atoms with Crippen molar-refractivity contribution in [3.05, 3.63) is 129 Å². The Morgan fingerprint density at radius 3 is 2.00 bits per heavy atom. The van der Waals surface area contributed by atoms with E-state index >= 15 is 0 Å². The molecule has 4 rings (SSSR count). The van der Waals surface area contributed by atoms with Gasteiger partial charge in [-0.25, -0.2) is 4.79 Å². The Bertz CT molecular complexity index is 1320. The molecular formula is C26H23N3O3. The minimum absolute atomic E-state index is 0.192. The molecule has 1 aromatic heterocycles. The smallest absolute Gasteiger partial charge is 0.331 e. The third-order valence-corrected chi connectivity index (χ3v) is 5.07. The molecule has 0 saturated heterocycles. The van der Waals surface area contributed by atoms with Crippen molar-refractivity contribution in [1.82, 2.24) is 9.13 Å². The number of benzene rings is 3. The lowest BCUT2D eigenvalue weighted by molar-refractivity contribution is 0.415. The van der Waals surface area contributed by atoms with E-state index in [9.17, 15) is 9.59 Å². The average molecular weight is 425 g/mol. The second-order valence-corrected chi connectivity index (χ2v) is 7.31. The van der Waals surface area contributed by atoms with Crippen LogP contribution in [0.15, 0.2) is 106 Å². The zero-order valence-electron chi connectivity index (χ0n) is 17.7. The number of rotatable bonds is 7. The molecule has 0 bridgehead atoms. The first-order valence-electron chi connectivity index (χ1n) is 10.2. The van der Waals surface area contributed by atoms with E-state index in [-0.39, 0.29) is 17.8 Å². The third-order valence-electron chi connectivity index (χ3n) is 5.07. The van der Waals surface area contributed by atoms with Crippen LogP contribution in [0.1, 0.15) is 16.7 Å². The molecule has 32 heavy (non-hydrogen) atoms. The Hall–Kier alpha value is -4.19. The summed E-state index contributed by atoms with van der Waals surface area (Å²) in [5, 5.41) is 0. The molecule has 0 unspecified atom stereocenters. The Morgan fingerprint density at radius 1 is 0.812 bits per heavy atom. The van der Waals surface area contributed by atoms with Crippen molar-refractivity contribution < 1.29 is 4.74 Å². The highest BCUT2D eigenvalue weighted by Crippen LogP contribution is 2.17. The predicted octanol–water partition coefficient (Wildman–Crippen LogP) is 3.87. The van der Waals surface area contributed by atoms with Crippen LogP contribution in [0.25, 0.3) is 0 Å². The fourth-order valence-corrected chi connectivity index (χ4v) is 3.38. The molecule has 6 heteroatoms. The number of hydrogen-bond acceptors (Lipinski definition) is 4. The molecule has 0 atom stereocenters. The molecule has 0 saturated carbocycles. The van der Waals surface area contributed by atoms with Crippen LogP contribution in [0, 0.1) is 0 Å². The maximum atomic E-state index is 13.2. The molecule has 0 amide bonds. The second-order valence-electron chi connectivity index (χ2n) is 7.31. The number of aromatic nitrogens is 2. The molecule has 6 nitrogen and oxygen atoms in total. The Kier molecular flexibility index (Phi) is 6.41. The van der Waals surface area contributed by atoms with Gasteiger partial charge in [-0.1, -0.05) is 60.7 Å². The maximum absolute atomic E-state index is 13.2. The van der Waals surface area contributed by atoms with Crippen LogP contribution in [-0.4, -0.2) is 22.5 Å². The molecule has 160 valence electrons. The summed E-state index contributed by atoms with van der Waals surface area (Å²) < 4.78 is 7.97. The van der Waals surface area contributed by atoms with Crippen LogP contribution in [-0.2, 0) is 13.1 Å². The zero-order chi connectivity index (χ0) is 22.3. The van der Waals surface area contributed by atoms with E-state index < -0.39 is 0 Å². The maximum Gasteiger partial charge on any atom is 0.331 e. The summed E-state index contributed by atoms with van der Waals surface area (Å²) in [4.78, 5) is 30.8. The minimum Gasteiger partial charge on any atom is -0.497 e. The minimum atomic E-state index is -0.375. The standard InChI is InChI=1S/C26H23N3O3/c1-32-24-14-12-23(13-15-24)27-16-22-19-28(17-20-8-4-2-5-9-20)26(31)29(25(22)30)18-21-10-6-3-7-11-21/h2-16,19H,17-18H2,1H3. The van der Waals surface area contributed by atoms with Crippen molar-refractivity contribution in [2.24, 2.45) is 4.99 Å². The second kappa shape index (κ2) is 9.75. The third kappa shape index (κ3) is 4.92. The van der Waals surface area contributed by atoms with Crippen molar-refractivity contribution in [1.29, 1.82) is 0 Å². The predicted molar refractivity (Wildman–Crippen MR) is 126 cm³/mol. The summed E-state index contributed by atoms with van der Waals surface area (Å²) in [6.45, 7) is 0.551. The van der Waals surface area contributed by atoms with Gasteiger partial charge in [0, 0.05) is 12.4 Å². The average Bonchev–Trinajstić information content (AvgIpc) is 2.84. The van der Waals surface area contributed by atoms with Gasteiger partial charge in [-0.05, 0) is 35.4 Å². The summed E-state index contributed by atoms with van der Waals surface area (Å²) in [7, 11) is 1.60. The van der Waals surface area contributed by atoms with Gasteiger partial charge in [-0.2, -0.15) is 0 Å². The molecule has 0 spiro atoms. The number of nitrogens with zero attached hydrogens (tertiary/aromatic N) is 3. The first-order chi connectivity index (χ1) is 15.6. The molecule has 1 heterocycles. The number of ether oxygens (including phenoxy) is 1. The van der Waals surface area contributed by atoms with Crippen molar-refractivity contribution in [3.63, 3.8) is 0 Å². The molecule has 3 aromatic carbocycles. The van der Waals surface area contributed by atoms with E-state index in [1.54, 1.807) is 42.1 Å². The fourth-order valence-electron chi connectivity index (χ4n) is 3.38. The van der Waals surface area contributed by atoms with Crippen molar-refractivity contribution in [3.8, 4) is 5.75 Å². The molecule has 0 fully saturated rings. The summed E-state index contributed by atoms with van der Waals surface area (Å²) in [5.41, 5.74) is 2.14. The van der Waals surface area contributed by atoms with Crippen LogP contribution in [0.2, 0.25) is 0 Å². The van der Waals surface area contributed by atoms with Gasteiger partial charge >= 0.3 is 5.69 Å². The van der Waals surface area contributed by atoms with Gasteiger partial charge in [-0.15, -0.1) is 0 Å². The largest absolute Gasteiger partial charge is 0.497 e. The number of aliphatic imine (C=N–C) groups is 1. The van der Waals surface area contributed by atoms with Gasteiger partial charge in [0.25, 0.3) is 5.56 Å². The topological polar surface area (TPSA) is 65.6 Å². The van der Waals surface area contributed by atoms with Crippen LogP contribution in [0.5, 0.6) is 5.75 Å². The van der Waals surface area contributed by atoms with Crippen LogP contribution in [0.3, 0.4) is 0 Å². The lowest BCUT2D eigenvalue weighted by Crippen LogP contribution is -2.41. The van der Waals surface area contributed by atoms with E-state index in [1.807, 2.05) is 60.7 Å². The Labute approximate surface area is 185 Å². The fraction of sp³-hybridized carbons (Fsp3) is 0.115. The molecule has 0 radical (unpaired) electrons. The summed E-state index contributed by atoms with van der Waals surface area (Å²) in [5.74, 6) is 0.727. The highest BCUT2D eigenvalue weighted by atomic mass is 16.5. The van der Waals surface area contributed by atoms with Crippen molar-refractivity contribution in [2.75, 3.05) is 7.11 Å². The lowest BCUT2D eigenvalue weighted by atomic mass is 10.2. The number of hydrogen-bond donors (Lipinski definition) is 0. The van der Waals surface area contributed by atoms with Gasteiger partial charge in [0.2, 0.25) is 0 Å². The summed E-state index contributed by atoms with van der Waals surface area (Å²) in [6.07, 6.45) is 3.08. The molecule has 4 aromatic rings. The van der Waals surface area contributed by atoms with E-state index in [0.29, 0.717) is 17.8 Å². The first kappa shape index (κ1) is 21.1. The van der Waals surface area contributed by atoms with Crippen molar-refractivity contribution >= 4 is 11.9 Å². The highest BCUT2D eigenvalue weighted by molar-refractivity contribution is 5.81. The van der Waals surface area contributed by atoms with Crippen LogP contribution < -0.4 is 16.0 Å². The van der Waals surface area contributed by atoms with Gasteiger partial charge in [0.1, 0.15) is 5.75 Å². The van der Waals surface area contributed by atoms with Crippen LogP contribution in [0.4, 0.5) is 5.69 Å². The summed E-state index contributed by atoms with van der Waals surface area (Å²) >= 11 is 0. The molecule has 0 aliphatic carbocycles. The lowest BCUT2D eigenvalue weighted by Gasteiger charge is -2.12. The molecule has 0 aliphatic heterocycles. The van der Waals surface area contributed by atoms with Crippen LogP contribution >= 0.6 is 0 Å². The highest BCUT2D eigenvalue weighted by Gasteiger charge is 2.11. The Morgan fingerprint density at radius 2 is 1.41 bits per heavy atom. The summed E-state index contributed by atoms with van der Waals surface area (Å²) in [6, 6.07) is 26.3. The normalized spacial score (nSPS) is 11.0. The zero-order valence-corrected chi connectivity index (χ0v) is 17.7. The molecular weight excluding hydrogens is 402 g/mol. The molecule has 0 aliphatic rings. The van der Waals surface area contributed by atoms with E-state index in [1.165, 1.54) is 10.8 Å².